The molecule has 1 aromatic carbocycles. The number of benzene rings is 1. The Hall–Kier alpha value is -2.30. The van der Waals surface area contributed by atoms with Gasteiger partial charge in [-0.2, -0.15) is 5.10 Å². The van der Waals surface area contributed by atoms with E-state index >= 15 is 0 Å². The van der Waals surface area contributed by atoms with Crippen molar-refractivity contribution >= 4 is 5.71 Å². The Kier molecular flexibility index (Phi) is 4.98. The number of oxime groups is 1. The van der Waals surface area contributed by atoms with E-state index in [0.717, 1.165) is 11.3 Å². The van der Waals surface area contributed by atoms with Crippen molar-refractivity contribution in [1.29, 1.82) is 0 Å². The molecule has 21 heavy (non-hydrogen) atoms. The molecule has 112 valence electrons. The van der Waals surface area contributed by atoms with Crippen LogP contribution >= 0.6 is 0 Å². The summed E-state index contributed by atoms with van der Waals surface area (Å²) in [4.78, 5) is 0. The number of rotatable bonds is 6. The maximum Gasteiger partial charge on any atom is 0.132 e. The standard InChI is InChI=1S/C16H21N3O2/c1-4-15(18-20)14-7-5-6-8-16(14)21-11-13-9-10-19(17-13)12(2)3/h5-10,12,20H,4,11H2,1-3H3. The summed E-state index contributed by atoms with van der Waals surface area (Å²) < 4.78 is 7.73. The van der Waals surface area contributed by atoms with Gasteiger partial charge in [0.25, 0.3) is 0 Å². The predicted octanol–water partition coefficient (Wildman–Crippen LogP) is 3.63. The lowest BCUT2D eigenvalue weighted by molar-refractivity contribution is 0.296. The van der Waals surface area contributed by atoms with E-state index in [1.807, 2.05) is 48.1 Å². The largest absolute Gasteiger partial charge is 0.487 e. The van der Waals surface area contributed by atoms with Crippen molar-refractivity contribution in [3.63, 3.8) is 0 Å². The van der Waals surface area contributed by atoms with Crippen molar-refractivity contribution in [3.8, 4) is 5.75 Å². The third-order valence-electron chi connectivity index (χ3n) is 3.22. The molecule has 0 aliphatic rings. The second kappa shape index (κ2) is 6.92. The third-order valence-corrected chi connectivity index (χ3v) is 3.22. The third kappa shape index (κ3) is 3.62. The molecule has 1 aromatic heterocycles. The highest BCUT2D eigenvalue weighted by atomic mass is 16.5. The Bertz CT molecular complexity index is 617. The van der Waals surface area contributed by atoms with E-state index in [1.54, 1.807) is 0 Å². The smallest absolute Gasteiger partial charge is 0.132 e. The van der Waals surface area contributed by atoms with E-state index in [2.05, 4.69) is 24.1 Å². The zero-order valence-corrected chi connectivity index (χ0v) is 12.7. The molecule has 0 amide bonds. The first kappa shape index (κ1) is 15.1. The molecule has 0 spiro atoms. The summed E-state index contributed by atoms with van der Waals surface area (Å²) in [6.45, 7) is 6.49. The van der Waals surface area contributed by atoms with Crippen molar-refractivity contribution in [1.82, 2.24) is 9.78 Å². The van der Waals surface area contributed by atoms with Crippen LogP contribution in [0.1, 0.15) is 44.5 Å². The molecule has 5 nitrogen and oxygen atoms in total. The first-order valence-corrected chi connectivity index (χ1v) is 7.12. The van der Waals surface area contributed by atoms with Gasteiger partial charge in [0, 0.05) is 17.8 Å². The highest BCUT2D eigenvalue weighted by Gasteiger charge is 2.10. The van der Waals surface area contributed by atoms with Crippen LogP contribution in [0.5, 0.6) is 5.75 Å². The summed E-state index contributed by atoms with van der Waals surface area (Å²) in [6.07, 6.45) is 2.58. The number of hydrogen-bond acceptors (Lipinski definition) is 4. The van der Waals surface area contributed by atoms with Crippen LogP contribution in [0.25, 0.3) is 0 Å². The molecule has 0 radical (unpaired) electrons. The van der Waals surface area contributed by atoms with E-state index in [-0.39, 0.29) is 0 Å². The van der Waals surface area contributed by atoms with Gasteiger partial charge in [-0.1, -0.05) is 24.2 Å². The Morgan fingerprint density at radius 1 is 1.33 bits per heavy atom. The summed E-state index contributed by atoms with van der Waals surface area (Å²) in [7, 11) is 0. The van der Waals surface area contributed by atoms with Crippen LogP contribution in [0.2, 0.25) is 0 Å². The molecule has 0 saturated carbocycles. The highest BCUT2D eigenvalue weighted by molar-refractivity contribution is 6.02. The summed E-state index contributed by atoms with van der Waals surface area (Å²) in [5.41, 5.74) is 2.29. The van der Waals surface area contributed by atoms with Gasteiger partial charge in [-0.25, -0.2) is 0 Å². The van der Waals surface area contributed by atoms with Crippen LogP contribution in [-0.2, 0) is 6.61 Å². The average molecular weight is 287 g/mol. The molecule has 2 rings (SSSR count). The van der Waals surface area contributed by atoms with E-state index < -0.39 is 0 Å². The molecule has 1 N–H and O–H groups in total. The van der Waals surface area contributed by atoms with Crippen LogP contribution in [-0.4, -0.2) is 20.7 Å². The molecule has 0 bridgehead atoms. The Labute approximate surface area is 124 Å². The van der Waals surface area contributed by atoms with Gasteiger partial charge in [-0.05, 0) is 38.5 Å². The fourth-order valence-electron chi connectivity index (χ4n) is 2.04. The van der Waals surface area contributed by atoms with E-state index in [1.165, 1.54) is 0 Å². The molecule has 5 heteroatoms. The minimum atomic E-state index is 0.333. The maximum atomic E-state index is 9.07. The van der Waals surface area contributed by atoms with Gasteiger partial charge < -0.3 is 9.94 Å². The minimum absolute atomic E-state index is 0.333. The van der Waals surface area contributed by atoms with Gasteiger partial charge in [-0.15, -0.1) is 0 Å². The predicted molar refractivity (Wildman–Crippen MR) is 82.0 cm³/mol. The van der Waals surface area contributed by atoms with Crippen molar-refractivity contribution < 1.29 is 9.94 Å². The first-order chi connectivity index (χ1) is 10.2. The topological polar surface area (TPSA) is 59.6 Å². The zero-order chi connectivity index (χ0) is 15.2. The Balaban J connectivity index is 2.12. The van der Waals surface area contributed by atoms with E-state index in [0.29, 0.717) is 30.5 Å². The van der Waals surface area contributed by atoms with E-state index in [9.17, 15) is 0 Å². The lowest BCUT2D eigenvalue weighted by Crippen LogP contribution is -2.06. The molecule has 0 aliphatic carbocycles. The molecular formula is C16H21N3O2. The van der Waals surface area contributed by atoms with Gasteiger partial charge in [0.15, 0.2) is 0 Å². The molecule has 0 saturated heterocycles. The zero-order valence-electron chi connectivity index (χ0n) is 12.7. The van der Waals surface area contributed by atoms with Gasteiger partial charge >= 0.3 is 0 Å². The van der Waals surface area contributed by atoms with Gasteiger partial charge in [-0.3, -0.25) is 4.68 Å². The van der Waals surface area contributed by atoms with Crippen LogP contribution in [0.4, 0.5) is 0 Å². The molecule has 1 heterocycles. The number of hydrogen-bond donors (Lipinski definition) is 1. The second-order valence-electron chi connectivity index (χ2n) is 5.07. The lowest BCUT2D eigenvalue weighted by atomic mass is 10.1. The Morgan fingerprint density at radius 2 is 2.10 bits per heavy atom. The van der Waals surface area contributed by atoms with Crippen LogP contribution in [0.3, 0.4) is 0 Å². The maximum absolute atomic E-state index is 9.07. The van der Waals surface area contributed by atoms with Gasteiger partial charge in [0.05, 0.1) is 11.4 Å². The van der Waals surface area contributed by atoms with Crippen molar-refractivity contribution in [3.05, 3.63) is 47.8 Å². The van der Waals surface area contributed by atoms with Crippen LogP contribution in [0, 0.1) is 0 Å². The highest BCUT2D eigenvalue weighted by Crippen LogP contribution is 2.21. The van der Waals surface area contributed by atoms with Gasteiger partial charge in [0.2, 0.25) is 0 Å². The van der Waals surface area contributed by atoms with Crippen molar-refractivity contribution in [2.24, 2.45) is 5.16 Å². The molecule has 0 atom stereocenters. The lowest BCUT2D eigenvalue weighted by Gasteiger charge is -2.10. The molecule has 0 fully saturated rings. The molecule has 0 unspecified atom stereocenters. The fraction of sp³-hybridized carbons (Fsp3) is 0.375. The van der Waals surface area contributed by atoms with Gasteiger partial charge in [0.1, 0.15) is 12.4 Å². The van der Waals surface area contributed by atoms with Crippen molar-refractivity contribution in [2.75, 3.05) is 0 Å². The molecule has 0 aliphatic heterocycles. The summed E-state index contributed by atoms with van der Waals surface area (Å²) in [5.74, 6) is 0.700. The SMILES string of the molecule is CCC(=NO)c1ccccc1OCc1ccn(C(C)C)n1. The monoisotopic (exact) mass is 287 g/mol. The summed E-state index contributed by atoms with van der Waals surface area (Å²) in [6, 6.07) is 9.84. The fourth-order valence-corrected chi connectivity index (χ4v) is 2.04. The van der Waals surface area contributed by atoms with Crippen molar-refractivity contribution in [2.45, 2.75) is 39.8 Å². The molecular weight excluding hydrogens is 266 g/mol. The second-order valence-corrected chi connectivity index (χ2v) is 5.07. The number of ether oxygens (including phenoxy) is 1. The minimum Gasteiger partial charge on any atom is -0.487 e. The van der Waals surface area contributed by atoms with Crippen LogP contribution < -0.4 is 4.74 Å². The van der Waals surface area contributed by atoms with E-state index in [4.69, 9.17) is 9.94 Å². The average Bonchev–Trinajstić information content (AvgIpc) is 2.97. The Morgan fingerprint density at radius 3 is 2.71 bits per heavy atom. The first-order valence-electron chi connectivity index (χ1n) is 7.12. The van der Waals surface area contributed by atoms with Crippen LogP contribution in [0.15, 0.2) is 41.7 Å². The quantitative estimate of drug-likeness (QED) is 0.501. The molecule has 2 aromatic rings. The number of aromatic nitrogens is 2. The number of para-hydroxylation sites is 1. The normalized spacial score (nSPS) is 11.9. The summed E-state index contributed by atoms with van der Waals surface area (Å²) in [5, 5.41) is 16.9. The number of nitrogens with zero attached hydrogens (tertiary/aromatic N) is 3. The summed E-state index contributed by atoms with van der Waals surface area (Å²) >= 11 is 0.